The molecule has 0 unspecified atom stereocenters. The molecule has 0 fully saturated rings. The number of benzene rings is 2. The van der Waals surface area contributed by atoms with Gasteiger partial charge in [-0.2, -0.15) is 0 Å². The van der Waals surface area contributed by atoms with Crippen LogP contribution >= 0.6 is 23.4 Å². The highest BCUT2D eigenvalue weighted by Crippen LogP contribution is 2.34. The van der Waals surface area contributed by atoms with Gasteiger partial charge in [0.05, 0.1) is 7.11 Å². The Balaban J connectivity index is 1.88. The van der Waals surface area contributed by atoms with Crippen LogP contribution in [0.15, 0.2) is 52.5 Å². The van der Waals surface area contributed by atoms with Crippen LogP contribution in [-0.4, -0.2) is 38.5 Å². The number of hydrogen-bond acceptors (Lipinski definition) is 6. The molecule has 27 heavy (non-hydrogen) atoms. The minimum Gasteiger partial charge on any atom is -0.504 e. The van der Waals surface area contributed by atoms with Gasteiger partial charge in [-0.25, -0.2) is 9.78 Å². The third kappa shape index (κ3) is 4.42. The van der Waals surface area contributed by atoms with Crippen LogP contribution in [0.25, 0.3) is 17.5 Å². The molecule has 138 valence electrons. The van der Waals surface area contributed by atoms with Crippen molar-refractivity contribution >= 4 is 35.4 Å². The van der Waals surface area contributed by atoms with Crippen molar-refractivity contribution in [3.63, 3.8) is 0 Å². The minimum atomic E-state index is -1.17. The number of rotatable bonds is 6. The van der Waals surface area contributed by atoms with Gasteiger partial charge in [0, 0.05) is 16.1 Å². The predicted molar refractivity (Wildman–Crippen MR) is 103 cm³/mol. The van der Waals surface area contributed by atoms with Crippen molar-refractivity contribution < 1.29 is 19.7 Å². The maximum atomic E-state index is 11.6. The number of methoxy groups -OCH3 is 1. The molecule has 0 aliphatic rings. The summed E-state index contributed by atoms with van der Waals surface area (Å²) in [5.74, 6) is -0.569. The number of thioether (sulfide) groups is 1. The van der Waals surface area contributed by atoms with Crippen molar-refractivity contribution in [3.05, 3.63) is 58.0 Å². The van der Waals surface area contributed by atoms with Crippen molar-refractivity contribution in [2.24, 2.45) is 0 Å². The maximum absolute atomic E-state index is 11.6. The highest BCUT2D eigenvalue weighted by molar-refractivity contribution is 8.04. The summed E-state index contributed by atoms with van der Waals surface area (Å²) in [6.45, 7) is 0. The Hall–Kier alpha value is -2.97. The van der Waals surface area contributed by atoms with E-state index in [1.807, 2.05) is 0 Å². The van der Waals surface area contributed by atoms with E-state index < -0.39 is 5.97 Å². The van der Waals surface area contributed by atoms with E-state index in [4.69, 9.17) is 16.3 Å². The summed E-state index contributed by atoms with van der Waals surface area (Å²) in [5.41, 5.74) is 1.08. The number of aromatic nitrogens is 3. The minimum absolute atomic E-state index is 0.0554. The van der Waals surface area contributed by atoms with Crippen LogP contribution < -0.4 is 4.74 Å². The van der Waals surface area contributed by atoms with E-state index >= 15 is 0 Å². The lowest BCUT2D eigenvalue weighted by atomic mass is 10.1. The predicted octanol–water partition coefficient (Wildman–Crippen LogP) is 4.06. The molecule has 9 heteroatoms. The molecule has 0 saturated carbocycles. The van der Waals surface area contributed by atoms with Crippen LogP contribution in [0.4, 0.5) is 0 Å². The molecule has 0 aliphatic heterocycles. The number of carboxylic acid groups (broad SMARTS) is 1. The number of H-pyrrole nitrogens is 1. The summed E-state index contributed by atoms with van der Waals surface area (Å²) < 4.78 is 5.03. The van der Waals surface area contributed by atoms with E-state index in [2.05, 4.69) is 15.2 Å². The van der Waals surface area contributed by atoms with Crippen LogP contribution in [0.1, 0.15) is 5.56 Å². The topological polar surface area (TPSA) is 108 Å². The van der Waals surface area contributed by atoms with Crippen LogP contribution in [0.2, 0.25) is 5.02 Å². The van der Waals surface area contributed by atoms with Gasteiger partial charge in [0.25, 0.3) is 0 Å². The molecule has 3 rings (SSSR count). The molecular weight excluding hydrogens is 390 g/mol. The average molecular weight is 404 g/mol. The fraction of sp³-hybridized carbons (Fsp3) is 0.0556. The van der Waals surface area contributed by atoms with E-state index in [0.29, 0.717) is 16.4 Å². The van der Waals surface area contributed by atoms with Gasteiger partial charge in [-0.3, -0.25) is 5.10 Å². The molecule has 0 spiro atoms. The lowest BCUT2D eigenvalue weighted by molar-refractivity contribution is -0.131. The standard InChI is InChI=1S/C18H14ClN3O4S/c1-26-13-4-2-3-11(15(13)23)9-14(17(24)25)27-18-20-16(21-22-18)10-5-7-12(19)8-6-10/h2-9,23H,1H3,(H,24,25)(H,20,21,22)/b14-9-. The number of aromatic amines is 1. The molecule has 0 amide bonds. The van der Waals surface area contributed by atoms with Gasteiger partial charge >= 0.3 is 5.97 Å². The molecule has 7 nitrogen and oxygen atoms in total. The molecule has 0 bridgehead atoms. The zero-order valence-corrected chi connectivity index (χ0v) is 15.6. The van der Waals surface area contributed by atoms with Crippen molar-refractivity contribution in [2.45, 2.75) is 5.16 Å². The van der Waals surface area contributed by atoms with Gasteiger partial charge in [0.2, 0.25) is 5.16 Å². The molecule has 3 N–H and O–H groups in total. The average Bonchev–Trinajstić information content (AvgIpc) is 3.12. The fourth-order valence-corrected chi connectivity index (χ4v) is 3.05. The molecule has 0 saturated heterocycles. The summed E-state index contributed by atoms with van der Waals surface area (Å²) in [4.78, 5) is 15.8. The van der Waals surface area contributed by atoms with Crippen LogP contribution in [-0.2, 0) is 4.79 Å². The van der Waals surface area contributed by atoms with Crippen LogP contribution in [0, 0.1) is 0 Å². The summed E-state index contributed by atoms with van der Waals surface area (Å²) in [6, 6.07) is 11.8. The first-order valence-electron chi connectivity index (χ1n) is 7.65. The molecule has 2 aromatic carbocycles. The molecule has 3 aromatic rings. The van der Waals surface area contributed by atoms with E-state index in [0.717, 1.165) is 17.3 Å². The summed E-state index contributed by atoms with van der Waals surface area (Å²) in [6.07, 6.45) is 1.34. The number of aliphatic carboxylic acids is 1. The second-order valence-electron chi connectivity index (χ2n) is 5.29. The number of para-hydroxylation sites is 1. The summed E-state index contributed by atoms with van der Waals surface area (Å²) in [7, 11) is 1.42. The van der Waals surface area contributed by atoms with E-state index in [1.165, 1.54) is 13.2 Å². The van der Waals surface area contributed by atoms with Gasteiger partial charge in [0.1, 0.15) is 4.91 Å². The number of aromatic hydroxyl groups is 1. The first-order chi connectivity index (χ1) is 13.0. The third-order valence-corrected chi connectivity index (χ3v) is 4.66. The van der Waals surface area contributed by atoms with Crippen LogP contribution in [0.3, 0.4) is 0 Å². The maximum Gasteiger partial charge on any atom is 0.342 e. The Labute approximate surface area is 163 Å². The normalized spacial score (nSPS) is 11.4. The van der Waals surface area contributed by atoms with Crippen molar-refractivity contribution in [2.75, 3.05) is 7.11 Å². The Kier molecular flexibility index (Phi) is 5.68. The quantitative estimate of drug-likeness (QED) is 0.420. The zero-order chi connectivity index (χ0) is 19.4. The number of ether oxygens (including phenoxy) is 1. The van der Waals surface area contributed by atoms with Gasteiger partial charge in [-0.1, -0.05) is 23.7 Å². The fourth-order valence-electron chi connectivity index (χ4n) is 2.22. The number of carbonyl (C=O) groups is 1. The largest absolute Gasteiger partial charge is 0.504 e. The zero-order valence-electron chi connectivity index (χ0n) is 14.0. The second-order valence-corrected chi connectivity index (χ2v) is 6.73. The van der Waals surface area contributed by atoms with Gasteiger partial charge < -0.3 is 14.9 Å². The Morgan fingerprint density at radius 2 is 2.00 bits per heavy atom. The van der Waals surface area contributed by atoms with E-state index in [-0.39, 0.29) is 21.6 Å². The monoisotopic (exact) mass is 403 g/mol. The van der Waals surface area contributed by atoms with Crippen molar-refractivity contribution in [1.29, 1.82) is 0 Å². The number of hydrogen-bond donors (Lipinski definition) is 3. The van der Waals surface area contributed by atoms with Crippen LogP contribution in [0.5, 0.6) is 11.5 Å². The number of phenols is 1. The van der Waals surface area contributed by atoms with E-state index in [1.54, 1.807) is 42.5 Å². The highest BCUT2D eigenvalue weighted by Gasteiger charge is 2.16. The summed E-state index contributed by atoms with van der Waals surface area (Å²) in [5, 5.41) is 27.3. The molecule has 0 atom stereocenters. The molecule has 1 aromatic heterocycles. The smallest absolute Gasteiger partial charge is 0.342 e. The molecular formula is C18H14ClN3O4S. The molecule has 0 aliphatic carbocycles. The highest BCUT2D eigenvalue weighted by atomic mass is 35.5. The van der Waals surface area contributed by atoms with Crippen molar-refractivity contribution in [3.8, 4) is 22.9 Å². The Bertz CT molecular complexity index is 1000. The first-order valence-corrected chi connectivity index (χ1v) is 8.84. The summed E-state index contributed by atoms with van der Waals surface area (Å²) >= 11 is 6.73. The number of nitrogens with one attached hydrogen (secondary N) is 1. The van der Waals surface area contributed by atoms with Crippen molar-refractivity contribution in [1.82, 2.24) is 15.2 Å². The third-order valence-electron chi connectivity index (χ3n) is 3.53. The molecule has 1 heterocycles. The van der Waals surface area contributed by atoms with Gasteiger partial charge in [0.15, 0.2) is 17.3 Å². The lowest BCUT2D eigenvalue weighted by Crippen LogP contribution is -1.97. The first kappa shape index (κ1) is 18.8. The SMILES string of the molecule is COc1cccc(/C=C(\Sc2n[nH]c(-c3ccc(Cl)cc3)n2)C(=O)O)c1O. The van der Waals surface area contributed by atoms with Gasteiger partial charge in [-0.05, 0) is 48.2 Å². The number of phenolic OH excluding ortho intramolecular Hbond substituents is 1. The second kappa shape index (κ2) is 8.15. The van der Waals surface area contributed by atoms with Gasteiger partial charge in [-0.15, -0.1) is 5.10 Å². The van der Waals surface area contributed by atoms with E-state index in [9.17, 15) is 15.0 Å². The lowest BCUT2D eigenvalue weighted by Gasteiger charge is -2.06. The Morgan fingerprint density at radius 1 is 1.26 bits per heavy atom. The Morgan fingerprint density at radius 3 is 2.67 bits per heavy atom. The number of carboxylic acids is 1. The number of halogens is 1. The number of nitrogens with zero attached hydrogens (tertiary/aromatic N) is 2. The molecule has 0 radical (unpaired) electrons.